The third kappa shape index (κ3) is 9.24. The monoisotopic (exact) mass is 498 g/mol. The molecule has 1 aliphatic heterocycles. The van der Waals surface area contributed by atoms with Gasteiger partial charge in [-0.1, -0.05) is 18.6 Å². The Morgan fingerprint density at radius 3 is 2.18 bits per heavy atom. The van der Waals surface area contributed by atoms with E-state index in [1.807, 2.05) is 0 Å². The second kappa shape index (κ2) is 13.8. The van der Waals surface area contributed by atoms with Gasteiger partial charge in [0.15, 0.2) is 0 Å². The van der Waals surface area contributed by atoms with Gasteiger partial charge >= 0.3 is 13.8 Å². The maximum Gasteiger partial charge on any atom is 0.530 e. The van der Waals surface area contributed by atoms with Gasteiger partial charge in [-0.15, -0.1) is 5.06 Å². The van der Waals surface area contributed by atoms with E-state index in [9.17, 15) is 23.7 Å². The number of amides is 3. The Morgan fingerprint density at radius 2 is 1.59 bits per heavy atom. The molecule has 1 N–H and O–H groups in total. The average Bonchev–Trinajstić information content (AvgIpc) is 3.09. The third-order valence-electron chi connectivity index (χ3n) is 4.66. The SMILES string of the molecule is CCOP(=O)(OCC)Oc1ccc(CC(=O)NCCCCCC(=O)ON2C(=O)CCC2=O)cc1. The molecule has 0 aromatic heterocycles. The molecule has 3 amide bonds. The van der Waals surface area contributed by atoms with Crippen molar-refractivity contribution in [3.8, 4) is 5.75 Å². The van der Waals surface area contributed by atoms with Gasteiger partial charge < -0.3 is 14.7 Å². The van der Waals surface area contributed by atoms with Crippen LogP contribution in [0.5, 0.6) is 5.75 Å². The first-order chi connectivity index (χ1) is 16.3. The largest absolute Gasteiger partial charge is 0.530 e. The summed E-state index contributed by atoms with van der Waals surface area (Å²) in [6.45, 7) is 4.18. The molecule has 1 heterocycles. The Balaban J connectivity index is 1.62. The summed E-state index contributed by atoms with van der Waals surface area (Å²) in [7, 11) is -3.67. The summed E-state index contributed by atoms with van der Waals surface area (Å²) in [5, 5.41) is 3.35. The van der Waals surface area contributed by atoms with E-state index in [-0.39, 0.29) is 44.8 Å². The number of phosphoric ester groups is 1. The predicted molar refractivity (Wildman–Crippen MR) is 120 cm³/mol. The van der Waals surface area contributed by atoms with Crippen molar-refractivity contribution in [3.63, 3.8) is 0 Å². The van der Waals surface area contributed by atoms with Crippen molar-refractivity contribution in [3.05, 3.63) is 29.8 Å². The normalized spacial score (nSPS) is 13.8. The lowest BCUT2D eigenvalue weighted by molar-refractivity contribution is -0.197. The molecule has 1 aromatic carbocycles. The molecule has 11 nitrogen and oxygen atoms in total. The number of hydrogen-bond acceptors (Lipinski definition) is 9. The van der Waals surface area contributed by atoms with Crippen LogP contribution in [0.1, 0.15) is 57.9 Å². The van der Waals surface area contributed by atoms with Gasteiger partial charge in [0.25, 0.3) is 11.8 Å². The van der Waals surface area contributed by atoms with Gasteiger partial charge in [-0.25, -0.2) is 9.36 Å². The van der Waals surface area contributed by atoms with Crippen molar-refractivity contribution in [1.29, 1.82) is 0 Å². The number of carbonyl (C=O) groups excluding carboxylic acids is 4. The molecule has 0 spiro atoms. The Kier molecular flexibility index (Phi) is 11.2. The summed E-state index contributed by atoms with van der Waals surface area (Å²) < 4.78 is 27.9. The molecule has 12 heteroatoms. The van der Waals surface area contributed by atoms with E-state index < -0.39 is 25.6 Å². The molecule has 0 saturated carbocycles. The summed E-state index contributed by atoms with van der Waals surface area (Å²) in [5.41, 5.74) is 0.751. The third-order valence-corrected chi connectivity index (χ3v) is 6.24. The number of imide groups is 1. The molecule has 0 bridgehead atoms. The molecular weight excluding hydrogens is 467 g/mol. The van der Waals surface area contributed by atoms with E-state index in [0.717, 1.165) is 5.56 Å². The standard InChI is InChI=1S/C22H31N2O9P/c1-3-30-34(29,31-4-2)33-18-11-9-17(10-12-18)16-19(25)23-15-7-5-6-8-22(28)32-24-20(26)13-14-21(24)27/h9-12H,3-8,13-16H2,1-2H3,(H,23,25). The summed E-state index contributed by atoms with van der Waals surface area (Å²) in [6.07, 6.45) is 2.22. The van der Waals surface area contributed by atoms with Crippen LogP contribution in [0.15, 0.2) is 24.3 Å². The van der Waals surface area contributed by atoms with Crippen LogP contribution < -0.4 is 9.84 Å². The number of phosphoric acid groups is 1. The van der Waals surface area contributed by atoms with Gasteiger partial charge in [-0.2, -0.15) is 0 Å². The van der Waals surface area contributed by atoms with Crippen LogP contribution in [0, 0.1) is 0 Å². The minimum absolute atomic E-state index is 0.0631. The second-order valence-electron chi connectivity index (χ2n) is 7.40. The lowest BCUT2D eigenvalue weighted by Crippen LogP contribution is -2.32. The number of benzene rings is 1. The molecule has 1 fully saturated rings. The van der Waals surface area contributed by atoms with E-state index in [1.54, 1.807) is 38.1 Å². The Hall–Kier alpha value is -2.75. The first-order valence-electron chi connectivity index (χ1n) is 11.3. The number of rotatable bonds is 15. The molecule has 188 valence electrons. The second-order valence-corrected chi connectivity index (χ2v) is 8.99. The van der Waals surface area contributed by atoms with E-state index in [4.69, 9.17) is 18.4 Å². The molecule has 0 atom stereocenters. The number of carbonyl (C=O) groups is 4. The van der Waals surface area contributed by atoms with E-state index in [2.05, 4.69) is 5.32 Å². The smallest absolute Gasteiger partial charge is 0.404 e. The molecule has 1 aromatic rings. The quantitative estimate of drug-likeness (QED) is 0.220. The highest BCUT2D eigenvalue weighted by molar-refractivity contribution is 7.48. The maximum atomic E-state index is 12.4. The van der Waals surface area contributed by atoms with Gasteiger partial charge in [0.05, 0.1) is 19.6 Å². The van der Waals surface area contributed by atoms with Gasteiger partial charge in [-0.3, -0.25) is 23.4 Å². The van der Waals surface area contributed by atoms with Crippen LogP contribution >= 0.6 is 7.82 Å². The van der Waals surface area contributed by atoms with Crippen LogP contribution in [0.25, 0.3) is 0 Å². The first kappa shape index (κ1) is 27.5. The van der Waals surface area contributed by atoms with Crippen molar-refractivity contribution in [2.75, 3.05) is 19.8 Å². The number of hydrogen-bond donors (Lipinski definition) is 1. The van der Waals surface area contributed by atoms with E-state index >= 15 is 0 Å². The van der Waals surface area contributed by atoms with Gasteiger partial charge in [0, 0.05) is 25.8 Å². The molecule has 0 unspecified atom stereocenters. The van der Waals surface area contributed by atoms with E-state index in [0.29, 0.717) is 36.6 Å². The molecule has 34 heavy (non-hydrogen) atoms. The highest BCUT2D eigenvalue weighted by Gasteiger charge is 2.32. The molecule has 2 rings (SSSR count). The lowest BCUT2D eigenvalue weighted by atomic mass is 10.1. The fourth-order valence-electron chi connectivity index (χ4n) is 3.06. The summed E-state index contributed by atoms with van der Waals surface area (Å²) >= 11 is 0. The number of hydroxylamine groups is 2. The minimum atomic E-state index is -3.67. The van der Waals surface area contributed by atoms with Crippen LogP contribution in [0.4, 0.5) is 0 Å². The number of unbranched alkanes of at least 4 members (excludes halogenated alkanes) is 2. The maximum absolute atomic E-state index is 12.4. The Bertz CT molecular complexity index is 878. The van der Waals surface area contributed by atoms with Gasteiger partial charge in [0.2, 0.25) is 5.91 Å². The molecule has 0 aliphatic carbocycles. The fraction of sp³-hybridized carbons (Fsp3) is 0.545. The Labute approximate surface area is 198 Å². The van der Waals surface area contributed by atoms with Crippen LogP contribution in [0.2, 0.25) is 0 Å². The van der Waals surface area contributed by atoms with Crippen molar-refractivity contribution < 1.29 is 42.2 Å². The minimum Gasteiger partial charge on any atom is -0.404 e. The number of nitrogens with one attached hydrogen (secondary N) is 1. The molecular formula is C22H31N2O9P. The molecule has 0 radical (unpaired) electrons. The Morgan fingerprint density at radius 1 is 0.971 bits per heavy atom. The lowest BCUT2D eigenvalue weighted by Gasteiger charge is -2.17. The zero-order chi connectivity index (χ0) is 25.0. The predicted octanol–water partition coefficient (Wildman–Crippen LogP) is 3.07. The summed E-state index contributed by atoms with van der Waals surface area (Å²) in [5.74, 6) is -1.47. The van der Waals surface area contributed by atoms with Crippen LogP contribution in [-0.2, 0) is 44.0 Å². The summed E-state index contributed by atoms with van der Waals surface area (Å²) in [6, 6.07) is 6.57. The van der Waals surface area contributed by atoms with Crippen molar-refractivity contribution in [2.24, 2.45) is 0 Å². The highest BCUT2D eigenvalue weighted by atomic mass is 31.2. The highest BCUT2D eigenvalue weighted by Crippen LogP contribution is 2.49. The number of nitrogens with zero attached hydrogens (tertiary/aromatic N) is 1. The molecule has 1 aliphatic rings. The average molecular weight is 498 g/mol. The van der Waals surface area contributed by atoms with E-state index in [1.165, 1.54) is 0 Å². The zero-order valence-corrected chi connectivity index (χ0v) is 20.3. The van der Waals surface area contributed by atoms with Crippen molar-refractivity contribution >= 4 is 31.5 Å². The van der Waals surface area contributed by atoms with Gasteiger partial charge in [0.1, 0.15) is 5.75 Å². The first-order valence-corrected chi connectivity index (χ1v) is 12.7. The van der Waals surface area contributed by atoms with Crippen molar-refractivity contribution in [2.45, 2.75) is 58.8 Å². The summed E-state index contributed by atoms with van der Waals surface area (Å²) in [4.78, 5) is 51.5. The molecule has 1 saturated heterocycles. The fourth-order valence-corrected chi connectivity index (χ4v) is 4.25. The van der Waals surface area contributed by atoms with Crippen molar-refractivity contribution in [1.82, 2.24) is 10.4 Å². The van der Waals surface area contributed by atoms with Gasteiger partial charge in [-0.05, 0) is 44.4 Å². The topological polar surface area (TPSA) is 138 Å². The zero-order valence-electron chi connectivity index (χ0n) is 19.4. The van der Waals surface area contributed by atoms with Crippen LogP contribution in [0.3, 0.4) is 0 Å². The van der Waals surface area contributed by atoms with Crippen LogP contribution in [-0.4, -0.2) is 48.5 Å².